The van der Waals surface area contributed by atoms with E-state index in [4.69, 9.17) is 0 Å². The molecule has 1 nitrogen and oxygen atoms in total. The van der Waals surface area contributed by atoms with Crippen molar-refractivity contribution in [2.24, 2.45) is 0 Å². The lowest BCUT2D eigenvalue weighted by Gasteiger charge is -2.14. The molecule has 1 aliphatic rings. The number of nitrogens with zero attached hydrogens (tertiary/aromatic N) is 1. The summed E-state index contributed by atoms with van der Waals surface area (Å²) < 4.78 is 15.6. The van der Waals surface area contributed by atoms with Crippen LogP contribution in [-0.2, 0) is 0 Å². The lowest BCUT2D eigenvalue weighted by atomic mass is 10.2. The SMILES string of the molecule is F[C@H]1CCC[C@@H]1n1cc2ccccc2c1. The molecule has 1 saturated carbocycles. The fraction of sp³-hybridized carbons (Fsp3) is 0.385. The smallest absolute Gasteiger partial charge is 0.121 e. The molecule has 0 unspecified atom stereocenters. The predicted octanol–water partition coefficient (Wildman–Crippen LogP) is 3.70. The van der Waals surface area contributed by atoms with Gasteiger partial charge in [-0.3, -0.25) is 0 Å². The summed E-state index contributed by atoms with van der Waals surface area (Å²) in [5.41, 5.74) is 0. The van der Waals surface area contributed by atoms with Gasteiger partial charge in [-0.1, -0.05) is 24.3 Å². The fourth-order valence-corrected chi connectivity index (χ4v) is 2.53. The third-order valence-electron chi connectivity index (χ3n) is 3.35. The Kier molecular flexibility index (Phi) is 2.01. The van der Waals surface area contributed by atoms with Gasteiger partial charge in [0, 0.05) is 12.4 Å². The summed E-state index contributed by atoms with van der Waals surface area (Å²) in [5, 5.41) is 2.41. The quantitative estimate of drug-likeness (QED) is 0.666. The van der Waals surface area contributed by atoms with Crippen LogP contribution < -0.4 is 0 Å². The molecule has 0 radical (unpaired) electrons. The van der Waals surface area contributed by atoms with Crippen molar-refractivity contribution >= 4 is 10.8 Å². The standard InChI is InChI=1S/C13H14FN/c14-12-6-3-7-13(12)15-8-10-4-1-2-5-11(10)9-15/h1-2,4-5,8-9,12-13H,3,6-7H2/t12-,13-/m0/s1. The summed E-state index contributed by atoms with van der Waals surface area (Å²) in [5.74, 6) is 0. The Labute approximate surface area is 88.5 Å². The van der Waals surface area contributed by atoms with Crippen LogP contribution in [0.2, 0.25) is 0 Å². The van der Waals surface area contributed by atoms with Crippen molar-refractivity contribution in [2.75, 3.05) is 0 Å². The average molecular weight is 203 g/mol. The molecule has 1 aromatic heterocycles. The molecular formula is C13H14FN. The second-order valence-electron chi connectivity index (χ2n) is 4.35. The summed E-state index contributed by atoms with van der Waals surface area (Å²) in [6.45, 7) is 0. The number of halogens is 1. The van der Waals surface area contributed by atoms with Gasteiger partial charge in [-0.05, 0) is 30.0 Å². The van der Waals surface area contributed by atoms with E-state index in [1.165, 1.54) is 10.8 Å². The molecule has 78 valence electrons. The van der Waals surface area contributed by atoms with Crippen molar-refractivity contribution in [2.45, 2.75) is 31.5 Å². The highest BCUT2D eigenvalue weighted by atomic mass is 19.1. The van der Waals surface area contributed by atoms with Crippen molar-refractivity contribution in [3.05, 3.63) is 36.7 Å². The Morgan fingerprint density at radius 2 is 1.73 bits per heavy atom. The van der Waals surface area contributed by atoms with Crippen LogP contribution in [0.15, 0.2) is 36.7 Å². The van der Waals surface area contributed by atoms with Gasteiger partial charge >= 0.3 is 0 Å². The summed E-state index contributed by atoms with van der Waals surface area (Å²) >= 11 is 0. The molecule has 0 bridgehead atoms. The zero-order valence-electron chi connectivity index (χ0n) is 8.57. The molecule has 1 aromatic carbocycles. The van der Waals surface area contributed by atoms with Gasteiger partial charge in [-0.15, -0.1) is 0 Å². The van der Waals surface area contributed by atoms with Crippen LogP contribution in [0.4, 0.5) is 4.39 Å². The molecule has 0 amide bonds. The van der Waals surface area contributed by atoms with Crippen LogP contribution in [0, 0.1) is 0 Å². The van der Waals surface area contributed by atoms with E-state index < -0.39 is 6.17 Å². The second kappa shape index (κ2) is 3.37. The monoisotopic (exact) mass is 203 g/mol. The molecule has 2 aromatic rings. The van der Waals surface area contributed by atoms with Crippen molar-refractivity contribution < 1.29 is 4.39 Å². The second-order valence-corrected chi connectivity index (χ2v) is 4.35. The van der Waals surface area contributed by atoms with E-state index >= 15 is 0 Å². The Morgan fingerprint density at radius 1 is 1.07 bits per heavy atom. The lowest BCUT2D eigenvalue weighted by Crippen LogP contribution is -2.12. The van der Waals surface area contributed by atoms with Crippen molar-refractivity contribution in [3.63, 3.8) is 0 Å². The van der Waals surface area contributed by atoms with E-state index in [2.05, 4.69) is 29.1 Å². The molecule has 0 N–H and O–H groups in total. The summed E-state index contributed by atoms with van der Waals surface area (Å²) in [6, 6.07) is 8.27. The first-order valence-corrected chi connectivity index (χ1v) is 5.55. The van der Waals surface area contributed by atoms with Crippen LogP contribution in [0.1, 0.15) is 25.3 Å². The predicted molar refractivity (Wildman–Crippen MR) is 59.7 cm³/mol. The van der Waals surface area contributed by atoms with Crippen molar-refractivity contribution in [1.82, 2.24) is 4.57 Å². The molecule has 2 heteroatoms. The molecule has 2 atom stereocenters. The summed E-state index contributed by atoms with van der Waals surface area (Å²) in [4.78, 5) is 0. The Morgan fingerprint density at radius 3 is 2.27 bits per heavy atom. The first-order chi connectivity index (χ1) is 7.34. The van der Waals surface area contributed by atoms with Gasteiger partial charge in [0.1, 0.15) is 6.17 Å². The molecule has 0 spiro atoms. The van der Waals surface area contributed by atoms with E-state index in [9.17, 15) is 4.39 Å². The highest BCUT2D eigenvalue weighted by Crippen LogP contribution is 2.33. The van der Waals surface area contributed by atoms with Gasteiger partial charge in [-0.2, -0.15) is 0 Å². The van der Waals surface area contributed by atoms with Crippen LogP contribution >= 0.6 is 0 Å². The minimum atomic E-state index is -0.660. The normalized spacial score (nSPS) is 26.2. The van der Waals surface area contributed by atoms with E-state index in [-0.39, 0.29) is 6.04 Å². The zero-order chi connectivity index (χ0) is 10.3. The van der Waals surface area contributed by atoms with E-state index in [0.717, 1.165) is 19.3 Å². The third-order valence-corrected chi connectivity index (χ3v) is 3.35. The molecular weight excluding hydrogens is 189 g/mol. The minimum absolute atomic E-state index is 0.0670. The number of alkyl halides is 1. The maximum Gasteiger partial charge on any atom is 0.121 e. The largest absolute Gasteiger partial charge is 0.347 e. The highest BCUT2D eigenvalue weighted by Gasteiger charge is 2.27. The van der Waals surface area contributed by atoms with Crippen LogP contribution in [0.3, 0.4) is 0 Å². The molecule has 1 heterocycles. The number of fused-ring (bicyclic) bond motifs is 1. The van der Waals surface area contributed by atoms with E-state index in [1.54, 1.807) is 0 Å². The summed E-state index contributed by atoms with van der Waals surface area (Å²) in [7, 11) is 0. The molecule has 15 heavy (non-hydrogen) atoms. The molecule has 0 aliphatic heterocycles. The minimum Gasteiger partial charge on any atom is -0.347 e. The van der Waals surface area contributed by atoms with Gasteiger partial charge in [0.05, 0.1) is 6.04 Å². The van der Waals surface area contributed by atoms with Crippen LogP contribution in [-0.4, -0.2) is 10.7 Å². The van der Waals surface area contributed by atoms with Gasteiger partial charge < -0.3 is 4.57 Å². The number of hydrogen-bond donors (Lipinski definition) is 0. The van der Waals surface area contributed by atoms with Gasteiger partial charge in [0.15, 0.2) is 0 Å². The average Bonchev–Trinajstić information content (AvgIpc) is 2.82. The van der Waals surface area contributed by atoms with E-state index in [0.29, 0.717) is 0 Å². The first kappa shape index (κ1) is 8.96. The Bertz CT molecular complexity index is 441. The number of hydrogen-bond acceptors (Lipinski definition) is 0. The third kappa shape index (κ3) is 1.44. The van der Waals surface area contributed by atoms with Crippen LogP contribution in [0.5, 0.6) is 0 Å². The molecule has 3 rings (SSSR count). The maximum atomic E-state index is 13.6. The topological polar surface area (TPSA) is 4.93 Å². The highest BCUT2D eigenvalue weighted by molar-refractivity contribution is 5.82. The maximum absolute atomic E-state index is 13.6. The van der Waals surface area contributed by atoms with Gasteiger partial charge in [-0.25, -0.2) is 4.39 Å². The van der Waals surface area contributed by atoms with Crippen LogP contribution in [0.25, 0.3) is 10.8 Å². The number of rotatable bonds is 1. The summed E-state index contributed by atoms with van der Waals surface area (Å²) in [6.07, 6.45) is 6.18. The molecule has 1 aliphatic carbocycles. The molecule has 1 fully saturated rings. The zero-order valence-corrected chi connectivity index (χ0v) is 8.57. The van der Waals surface area contributed by atoms with Crippen molar-refractivity contribution in [1.29, 1.82) is 0 Å². The first-order valence-electron chi connectivity index (χ1n) is 5.55. The Hall–Kier alpha value is -1.31. The number of benzene rings is 1. The van der Waals surface area contributed by atoms with Gasteiger partial charge in [0.25, 0.3) is 0 Å². The lowest BCUT2D eigenvalue weighted by molar-refractivity contribution is 0.264. The fourth-order valence-electron chi connectivity index (χ4n) is 2.53. The number of aromatic nitrogens is 1. The Balaban J connectivity index is 2.04. The molecule has 0 saturated heterocycles. The van der Waals surface area contributed by atoms with Crippen molar-refractivity contribution in [3.8, 4) is 0 Å². The van der Waals surface area contributed by atoms with Gasteiger partial charge in [0.2, 0.25) is 0 Å². The van der Waals surface area contributed by atoms with E-state index in [1.807, 2.05) is 12.1 Å².